The Bertz CT molecular complexity index is 534. The molecule has 5 heteroatoms. The molecule has 0 aliphatic heterocycles. The van der Waals surface area contributed by atoms with Crippen molar-refractivity contribution in [3.8, 4) is 0 Å². The largest absolute Gasteiger partial charge is 0.480 e. The molecule has 2 rings (SSSR count). The highest BCUT2D eigenvalue weighted by molar-refractivity contribution is 5.79. The number of aliphatic carboxylic acids is 1. The molecule has 4 nitrogen and oxygen atoms in total. The molecule has 88 valence electrons. The monoisotopic (exact) mass is 234 g/mol. The van der Waals surface area contributed by atoms with Gasteiger partial charge < -0.3 is 5.11 Å². The number of nitrogens with zero attached hydrogens (tertiary/aromatic N) is 2. The summed E-state index contributed by atoms with van der Waals surface area (Å²) in [6.07, 6.45) is 1.54. The molecule has 1 unspecified atom stereocenters. The van der Waals surface area contributed by atoms with Gasteiger partial charge in [0.05, 0.1) is 5.69 Å². The van der Waals surface area contributed by atoms with E-state index in [1.807, 2.05) is 0 Å². The molecule has 1 heterocycles. The first-order valence-corrected chi connectivity index (χ1v) is 5.06. The molecule has 0 saturated heterocycles. The number of hydrogen-bond donors (Lipinski definition) is 1. The topological polar surface area (TPSA) is 55.1 Å². The van der Waals surface area contributed by atoms with Crippen LogP contribution in [0.2, 0.25) is 0 Å². The zero-order chi connectivity index (χ0) is 12.4. The molecule has 0 radical (unpaired) electrons. The van der Waals surface area contributed by atoms with Gasteiger partial charge in [0.15, 0.2) is 0 Å². The van der Waals surface area contributed by atoms with Crippen molar-refractivity contribution in [1.29, 1.82) is 0 Å². The summed E-state index contributed by atoms with van der Waals surface area (Å²) in [6, 6.07) is 7.09. The minimum Gasteiger partial charge on any atom is -0.480 e. The number of aryl methyl sites for hydroxylation is 1. The van der Waals surface area contributed by atoms with Crippen LogP contribution in [0.4, 0.5) is 4.39 Å². The van der Waals surface area contributed by atoms with E-state index < -0.39 is 11.9 Å². The van der Waals surface area contributed by atoms with E-state index in [-0.39, 0.29) is 5.82 Å². The molecule has 1 atom stereocenters. The van der Waals surface area contributed by atoms with Crippen molar-refractivity contribution in [3.05, 3.63) is 53.6 Å². The predicted octanol–water partition coefficient (Wildman–Crippen LogP) is 1.78. The molecule has 0 bridgehead atoms. The number of carboxylic acids is 1. The van der Waals surface area contributed by atoms with Gasteiger partial charge in [0.1, 0.15) is 11.7 Å². The smallest absolute Gasteiger partial charge is 0.317 e. The number of benzene rings is 1. The van der Waals surface area contributed by atoms with Crippen LogP contribution in [0.15, 0.2) is 36.5 Å². The van der Waals surface area contributed by atoms with Gasteiger partial charge in [-0.2, -0.15) is 5.10 Å². The third-order valence-electron chi connectivity index (χ3n) is 2.60. The van der Waals surface area contributed by atoms with E-state index >= 15 is 0 Å². The number of halogens is 1. The van der Waals surface area contributed by atoms with Crippen molar-refractivity contribution >= 4 is 5.97 Å². The summed E-state index contributed by atoms with van der Waals surface area (Å²) < 4.78 is 14.3. The first-order chi connectivity index (χ1) is 8.09. The molecular weight excluding hydrogens is 223 g/mol. The van der Waals surface area contributed by atoms with E-state index in [0.717, 1.165) is 0 Å². The average Bonchev–Trinajstić information content (AvgIpc) is 2.68. The number of hydrogen-bond acceptors (Lipinski definition) is 2. The lowest BCUT2D eigenvalue weighted by Crippen LogP contribution is -2.16. The van der Waals surface area contributed by atoms with Crippen LogP contribution in [0.1, 0.15) is 17.2 Å². The molecule has 17 heavy (non-hydrogen) atoms. The lowest BCUT2D eigenvalue weighted by molar-refractivity contribution is -0.137. The van der Waals surface area contributed by atoms with Crippen LogP contribution in [0.5, 0.6) is 0 Å². The molecule has 0 spiro atoms. The van der Waals surface area contributed by atoms with E-state index in [4.69, 9.17) is 0 Å². The van der Waals surface area contributed by atoms with Gasteiger partial charge in [-0.3, -0.25) is 9.48 Å². The Morgan fingerprint density at radius 1 is 1.35 bits per heavy atom. The normalized spacial score (nSPS) is 12.4. The number of carbonyl (C=O) groups is 1. The SMILES string of the molecule is Cn1nccc1C(C(=O)O)c1ccc(F)cc1. The highest BCUT2D eigenvalue weighted by Crippen LogP contribution is 2.24. The summed E-state index contributed by atoms with van der Waals surface area (Å²) in [6.45, 7) is 0. The summed E-state index contributed by atoms with van der Waals surface area (Å²) in [5.74, 6) is -2.20. The van der Waals surface area contributed by atoms with Crippen molar-refractivity contribution in [2.45, 2.75) is 5.92 Å². The Kier molecular flexibility index (Phi) is 2.91. The molecule has 2 aromatic rings. The summed E-state index contributed by atoms with van der Waals surface area (Å²) in [5, 5.41) is 13.2. The third kappa shape index (κ3) is 2.18. The summed E-state index contributed by atoms with van der Waals surface area (Å²) in [4.78, 5) is 11.3. The lowest BCUT2D eigenvalue weighted by atomic mass is 9.96. The molecular formula is C12H11FN2O2. The van der Waals surface area contributed by atoms with Gasteiger partial charge in [0.2, 0.25) is 0 Å². The minimum atomic E-state index is -0.986. The van der Waals surface area contributed by atoms with Crippen LogP contribution >= 0.6 is 0 Å². The fraction of sp³-hybridized carbons (Fsp3) is 0.167. The molecule has 0 fully saturated rings. The Labute approximate surface area is 97.3 Å². The van der Waals surface area contributed by atoms with E-state index in [2.05, 4.69) is 5.10 Å². The summed E-state index contributed by atoms with van der Waals surface area (Å²) in [5.41, 5.74) is 1.09. The van der Waals surface area contributed by atoms with Crippen molar-refractivity contribution in [2.75, 3.05) is 0 Å². The molecule has 1 aromatic heterocycles. The Morgan fingerprint density at radius 3 is 2.47 bits per heavy atom. The van der Waals surface area contributed by atoms with Crippen molar-refractivity contribution in [3.63, 3.8) is 0 Å². The van der Waals surface area contributed by atoms with Crippen molar-refractivity contribution in [1.82, 2.24) is 9.78 Å². The maximum atomic E-state index is 12.8. The highest BCUT2D eigenvalue weighted by atomic mass is 19.1. The van der Waals surface area contributed by atoms with Crippen molar-refractivity contribution < 1.29 is 14.3 Å². The Balaban J connectivity index is 2.47. The zero-order valence-corrected chi connectivity index (χ0v) is 9.17. The Hall–Kier alpha value is -2.17. The maximum absolute atomic E-state index is 12.8. The number of rotatable bonds is 3. The van der Waals surface area contributed by atoms with Crippen LogP contribution in [0.3, 0.4) is 0 Å². The van der Waals surface area contributed by atoms with Crippen LogP contribution in [-0.4, -0.2) is 20.9 Å². The number of carboxylic acid groups (broad SMARTS) is 1. The quantitative estimate of drug-likeness (QED) is 0.880. The van der Waals surface area contributed by atoms with Gasteiger partial charge in [0.25, 0.3) is 0 Å². The summed E-state index contributed by atoms with van der Waals surface area (Å²) >= 11 is 0. The maximum Gasteiger partial charge on any atom is 0.317 e. The third-order valence-corrected chi connectivity index (χ3v) is 2.60. The number of aromatic nitrogens is 2. The molecule has 1 aromatic carbocycles. The van der Waals surface area contributed by atoms with Gasteiger partial charge in [-0.15, -0.1) is 0 Å². The fourth-order valence-corrected chi connectivity index (χ4v) is 1.76. The van der Waals surface area contributed by atoms with Crippen LogP contribution in [-0.2, 0) is 11.8 Å². The predicted molar refractivity (Wildman–Crippen MR) is 59.1 cm³/mol. The molecule has 0 saturated carbocycles. The van der Waals surface area contributed by atoms with Crippen molar-refractivity contribution in [2.24, 2.45) is 7.05 Å². The van der Waals surface area contributed by atoms with Gasteiger partial charge in [-0.1, -0.05) is 12.1 Å². The van der Waals surface area contributed by atoms with Gasteiger partial charge in [-0.05, 0) is 23.8 Å². The Morgan fingerprint density at radius 2 is 2.00 bits per heavy atom. The van der Waals surface area contributed by atoms with E-state index in [1.54, 1.807) is 13.1 Å². The second-order valence-corrected chi connectivity index (χ2v) is 3.70. The zero-order valence-electron chi connectivity index (χ0n) is 9.17. The van der Waals surface area contributed by atoms with Crippen LogP contribution in [0.25, 0.3) is 0 Å². The van der Waals surface area contributed by atoms with Crippen LogP contribution < -0.4 is 0 Å². The molecule has 1 N–H and O–H groups in total. The van der Waals surface area contributed by atoms with Gasteiger partial charge >= 0.3 is 5.97 Å². The molecule has 0 amide bonds. The minimum absolute atomic E-state index is 0.386. The second-order valence-electron chi connectivity index (χ2n) is 3.70. The highest BCUT2D eigenvalue weighted by Gasteiger charge is 2.24. The van der Waals surface area contributed by atoms with Gasteiger partial charge in [0, 0.05) is 13.2 Å². The second kappa shape index (κ2) is 4.37. The lowest BCUT2D eigenvalue weighted by Gasteiger charge is -2.13. The van der Waals surface area contributed by atoms with Gasteiger partial charge in [-0.25, -0.2) is 4.39 Å². The first kappa shape index (κ1) is 11.3. The summed E-state index contributed by atoms with van der Waals surface area (Å²) in [7, 11) is 1.68. The standard InChI is InChI=1S/C12H11FN2O2/c1-15-10(6-7-14-15)11(12(16)17)8-2-4-9(13)5-3-8/h2-7,11H,1H3,(H,16,17). The fourth-order valence-electron chi connectivity index (χ4n) is 1.76. The average molecular weight is 234 g/mol. The molecule has 0 aliphatic rings. The molecule has 0 aliphatic carbocycles. The van der Waals surface area contributed by atoms with E-state index in [9.17, 15) is 14.3 Å². The van der Waals surface area contributed by atoms with E-state index in [0.29, 0.717) is 11.3 Å². The first-order valence-electron chi connectivity index (χ1n) is 5.06. The van der Waals surface area contributed by atoms with E-state index in [1.165, 1.54) is 35.1 Å². The van der Waals surface area contributed by atoms with Crippen LogP contribution in [0, 0.1) is 5.82 Å².